The van der Waals surface area contributed by atoms with Crippen molar-refractivity contribution in [2.24, 2.45) is 5.92 Å². The number of ether oxygens (including phenoxy) is 2. The van der Waals surface area contributed by atoms with Crippen LogP contribution in [0, 0.1) is 5.92 Å². The molecule has 1 aromatic heterocycles. The van der Waals surface area contributed by atoms with E-state index in [0.717, 1.165) is 18.4 Å². The van der Waals surface area contributed by atoms with Crippen LogP contribution in [0.4, 0.5) is 5.69 Å². The van der Waals surface area contributed by atoms with Gasteiger partial charge in [0, 0.05) is 44.2 Å². The van der Waals surface area contributed by atoms with Crippen LogP contribution >= 0.6 is 0 Å². The van der Waals surface area contributed by atoms with Crippen LogP contribution in [0.3, 0.4) is 0 Å². The van der Waals surface area contributed by atoms with Crippen molar-refractivity contribution >= 4 is 17.5 Å². The van der Waals surface area contributed by atoms with Crippen LogP contribution in [-0.2, 0) is 16.2 Å². The summed E-state index contributed by atoms with van der Waals surface area (Å²) in [4.78, 5) is 30.0. The van der Waals surface area contributed by atoms with Gasteiger partial charge in [0.2, 0.25) is 11.8 Å². The van der Waals surface area contributed by atoms with Gasteiger partial charge in [0.05, 0.1) is 13.0 Å². The summed E-state index contributed by atoms with van der Waals surface area (Å²) < 4.78 is 11.2. The smallest absolute Gasteiger partial charge is 0.229 e. The van der Waals surface area contributed by atoms with Gasteiger partial charge in [0.1, 0.15) is 6.61 Å². The fourth-order valence-electron chi connectivity index (χ4n) is 3.23. The van der Waals surface area contributed by atoms with E-state index in [4.69, 9.17) is 9.47 Å². The number of hydrogen-bond donors (Lipinski definition) is 1. The first-order valence-electron chi connectivity index (χ1n) is 9.33. The highest BCUT2D eigenvalue weighted by Gasteiger charge is 2.27. The van der Waals surface area contributed by atoms with Crippen LogP contribution in [0.15, 0.2) is 42.7 Å². The molecule has 1 N–H and O–H groups in total. The monoisotopic (exact) mass is 383 g/mol. The zero-order valence-corrected chi connectivity index (χ0v) is 16.2. The van der Waals surface area contributed by atoms with Crippen LogP contribution in [-0.4, -0.2) is 41.9 Å². The first-order chi connectivity index (χ1) is 13.6. The van der Waals surface area contributed by atoms with Crippen LogP contribution in [0.2, 0.25) is 0 Å². The Morgan fingerprint density at radius 2 is 2.00 bits per heavy atom. The summed E-state index contributed by atoms with van der Waals surface area (Å²) in [6, 6.07) is 9.05. The maximum atomic E-state index is 12.7. The van der Waals surface area contributed by atoms with E-state index in [9.17, 15) is 9.59 Å². The van der Waals surface area contributed by atoms with E-state index < -0.39 is 0 Å². The van der Waals surface area contributed by atoms with E-state index >= 15 is 0 Å². The first kappa shape index (κ1) is 19.7. The molecule has 1 fully saturated rings. The van der Waals surface area contributed by atoms with E-state index in [0.29, 0.717) is 36.9 Å². The highest BCUT2D eigenvalue weighted by atomic mass is 16.5. The minimum absolute atomic E-state index is 0.00810. The zero-order valence-electron chi connectivity index (χ0n) is 16.2. The van der Waals surface area contributed by atoms with Crippen molar-refractivity contribution in [2.45, 2.75) is 26.4 Å². The van der Waals surface area contributed by atoms with Crippen LogP contribution < -0.4 is 14.8 Å². The van der Waals surface area contributed by atoms with Crippen molar-refractivity contribution in [3.05, 3.63) is 48.3 Å². The summed E-state index contributed by atoms with van der Waals surface area (Å²) in [6.45, 7) is 3.08. The molecule has 0 saturated carbocycles. The molecule has 0 bridgehead atoms. The second-order valence-electron chi connectivity index (χ2n) is 6.80. The molecule has 0 spiro atoms. The lowest BCUT2D eigenvalue weighted by atomic mass is 9.97. The Morgan fingerprint density at radius 1 is 1.21 bits per heavy atom. The van der Waals surface area contributed by atoms with Gasteiger partial charge in [0.25, 0.3) is 0 Å². The van der Waals surface area contributed by atoms with Crippen LogP contribution in [0.25, 0.3) is 0 Å². The SMILES string of the molecule is COc1ccc(NC(=O)[C@H]2CCCN(C(C)=O)C2)cc1OCc1ccncc1. The number of rotatable bonds is 6. The number of carbonyl (C=O) groups is 2. The number of amides is 2. The third-order valence-corrected chi connectivity index (χ3v) is 4.81. The number of carbonyl (C=O) groups excluding carboxylic acids is 2. The standard InChI is InChI=1S/C21H25N3O4/c1-15(25)24-11-3-4-17(13-24)21(26)23-18-5-6-19(27-2)20(12-18)28-14-16-7-9-22-10-8-16/h5-10,12,17H,3-4,11,13-14H2,1-2H3,(H,23,26)/t17-/m0/s1. The van der Waals surface area contributed by atoms with Crippen molar-refractivity contribution in [3.63, 3.8) is 0 Å². The third-order valence-electron chi connectivity index (χ3n) is 4.81. The van der Waals surface area contributed by atoms with Gasteiger partial charge in [-0.1, -0.05) is 0 Å². The van der Waals surface area contributed by atoms with Gasteiger partial charge >= 0.3 is 0 Å². The van der Waals surface area contributed by atoms with Gasteiger partial charge in [0.15, 0.2) is 11.5 Å². The number of benzene rings is 1. The Labute approximate surface area is 164 Å². The van der Waals surface area contributed by atoms with Gasteiger partial charge in [-0.05, 0) is 42.7 Å². The predicted molar refractivity (Wildman–Crippen MR) is 105 cm³/mol. The number of nitrogens with zero attached hydrogens (tertiary/aromatic N) is 2. The fraction of sp³-hybridized carbons (Fsp3) is 0.381. The zero-order chi connectivity index (χ0) is 19.9. The van der Waals surface area contributed by atoms with Gasteiger partial charge in [-0.2, -0.15) is 0 Å². The fourth-order valence-corrected chi connectivity index (χ4v) is 3.23. The molecular formula is C21H25N3O4. The number of aromatic nitrogens is 1. The number of likely N-dealkylation sites (tertiary alicyclic amines) is 1. The summed E-state index contributed by atoms with van der Waals surface area (Å²) >= 11 is 0. The quantitative estimate of drug-likeness (QED) is 0.830. The molecule has 1 aliphatic heterocycles. The molecule has 0 aliphatic carbocycles. The van der Waals surface area contributed by atoms with Crippen molar-refractivity contribution in [1.82, 2.24) is 9.88 Å². The topological polar surface area (TPSA) is 80.8 Å². The molecular weight excluding hydrogens is 358 g/mol. The van der Waals surface area contributed by atoms with E-state index in [-0.39, 0.29) is 17.7 Å². The van der Waals surface area contributed by atoms with Gasteiger partial charge in [-0.25, -0.2) is 0 Å². The predicted octanol–water partition coefficient (Wildman–Crippen LogP) is 2.87. The van der Waals surface area contributed by atoms with E-state index in [1.165, 1.54) is 6.92 Å². The van der Waals surface area contributed by atoms with E-state index in [1.54, 1.807) is 42.6 Å². The first-order valence-corrected chi connectivity index (χ1v) is 9.33. The Hall–Kier alpha value is -3.09. The van der Waals surface area contributed by atoms with Crippen molar-refractivity contribution < 1.29 is 19.1 Å². The lowest BCUT2D eigenvalue weighted by Crippen LogP contribution is -2.42. The van der Waals surface area contributed by atoms with Crippen LogP contribution in [0.5, 0.6) is 11.5 Å². The Bertz CT molecular complexity index is 826. The summed E-state index contributed by atoms with van der Waals surface area (Å²) in [5.74, 6) is 0.851. The number of nitrogens with one attached hydrogen (secondary N) is 1. The molecule has 1 saturated heterocycles. The van der Waals surface area contributed by atoms with E-state index in [1.807, 2.05) is 12.1 Å². The summed E-state index contributed by atoms with van der Waals surface area (Å²) in [6.07, 6.45) is 5.03. The lowest BCUT2D eigenvalue weighted by molar-refractivity contribution is -0.132. The minimum Gasteiger partial charge on any atom is -0.493 e. The number of pyridine rings is 1. The molecule has 2 aromatic rings. The summed E-state index contributed by atoms with van der Waals surface area (Å²) in [5.41, 5.74) is 1.62. The molecule has 2 amide bonds. The molecule has 0 radical (unpaired) electrons. The second kappa shape index (κ2) is 9.21. The Morgan fingerprint density at radius 3 is 2.71 bits per heavy atom. The molecule has 1 atom stereocenters. The largest absolute Gasteiger partial charge is 0.493 e. The van der Waals surface area contributed by atoms with Gasteiger partial charge in [-0.15, -0.1) is 0 Å². The molecule has 7 heteroatoms. The van der Waals surface area contributed by atoms with Crippen molar-refractivity contribution in [2.75, 3.05) is 25.5 Å². The van der Waals surface area contributed by atoms with Gasteiger partial charge in [-0.3, -0.25) is 14.6 Å². The molecule has 0 unspecified atom stereocenters. The van der Waals surface area contributed by atoms with E-state index in [2.05, 4.69) is 10.3 Å². The highest BCUT2D eigenvalue weighted by Crippen LogP contribution is 2.31. The Balaban J connectivity index is 1.66. The molecule has 1 aliphatic rings. The number of hydrogen-bond acceptors (Lipinski definition) is 5. The normalized spacial score (nSPS) is 16.4. The number of piperidine rings is 1. The average Bonchev–Trinajstić information content (AvgIpc) is 2.73. The summed E-state index contributed by atoms with van der Waals surface area (Å²) in [7, 11) is 1.57. The molecule has 148 valence electrons. The minimum atomic E-state index is -0.207. The molecule has 2 heterocycles. The maximum absolute atomic E-state index is 12.7. The average molecular weight is 383 g/mol. The molecule has 28 heavy (non-hydrogen) atoms. The maximum Gasteiger partial charge on any atom is 0.229 e. The third kappa shape index (κ3) is 5.00. The van der Waals surface area contributed by atoms with Crippen LogP contribution in [0.1, 0.15) is 25.3 Å². The molecule has 7 nitrogen and oxygen atoms in total. The number of anilines is 1. The Kier molecular flexibility index (Phi) is 6.47. The molecule has 1 aromatic carbocycles. The molecule has 3 rings (SSSR count). The van der Waals surface area contributed by atoms with Gasteiger partial charge < -0.3 is 19.7 Å². The highest BCUT2D eigenvalue weighted by molar-refractivity contribution is 5.93. The van der Waals surface area contributed by atoms with Crippen molar-refractivity contribution in [3.8, 4) is 11.5 Å². The summed E-state index contributed by atoms with van der Waals surface area (Å²) in [5, 5.41) is 2.94. The number of methoxy groups -OCH3 is 1. The van der Waals surface area contributed by atoms with Crippen molar-refractivity contribution in [1.29, 1.82) is 0 Å². The lowest BCUT2D eigenvalue weighted by Gasteiger charge is -2.31. The second-order valence-corrected chi connectivity index (χ2v) is 6.80.